The quantitative estimate of drug-likeness (QED) is 0.290. The average Bonchev–Trinajstić information content (AvgIpc) is 3.26. The largest absolute Gasteiger partial charge is 0.345 e. The van der Waals surface area contributed by atoms with Crippen LogP contribution in [0.2, 0.25) is 5.02 Å². The molecule has 0 radical (unpaired) electrons. The summed E-state index contributed by atoms with van der Waals surface area (Å²) in [6.45, 7) is 1.70. The molecule has 0 fully saturated rings. The van der Waals surface area contributed by atoms with Gasteiger partial charge < -0.3 is 9.47 Å². The zero-order chi connectivity index (χ0) is 22.2. The average molecular weight is 441 g/mol. The van der Waals surface area contributed by atoms with Gasteiger partial charge in [-0.2, -0.15) is 0 Å². The number of amides is 1. The second-order valence-corrected chi connectivity index (χ2v) is 8.05. The summed E-state index contributed by atoms with van der Waals surface area (Å²) in [7, 11) is 0. The molecule has 4 heteroatoms. The lowest BCUT2D eigenvalue weighted by Gasteiger charge is -2.23. The molecule has 0 N–H and O–H groups in total. The van der Waals surface area contributed by atoms with Crippen molar-refractivity contribution in [2.75, 3.05) is 0 Å². The van der Waals surface area contributed by atoms with Crippen molar-refractivity contribution in [1.29, 1.82) is 0 Å². The maximum absolute atomic E-state index is 13.2. The van der Waals surface area contributed by atoms with Crippen LogP contribution in [0, 0.1) is 0 Å². The third-order valence-corrected chi connectivity index (χ3v) is 5.69. The summed E-state index contributed by atoms with van der Waals surface area (Å²) in [5.41, 5.74) is 4.21. The molecule has 3 nitrogen and oxygen atoms in total. The lowest BCUT2D eigenvalue weighted by Crippen LogP contribution is -2.29. The van der Waals surface area contributed by atoms with E-state index in [1.807, 2.05) is 108 Å². The van der Waals surface area contributed by atoms with Crippen LogP contribution < -0.4 is 0 Å². The molecule has 1 aromatic heterocycles. The Morgan fingerprint density at radius 2 is 1.50 bits per heavy atom. The van der Waals surface area contributed by atoms with E-state index >= 15 is 0 Å². The van der Waals surface area contributed by atoms with Crippen molar-refractivity contribution in [3.8, 4) is 0 Å². The smallest absolute Gasteiger partial charge is 0.247 e. The fourth-order valence-electron chi connectivity index (χ4n) is 3.61. The lowest BCUT2D eigenvalue weighted by atomic mass is 10.2. The minimum Gasteiger partial charge on any atom is -0.345 e. The molecule has 1 heterocycles. The van der Waals surface area contributed by atoms with E-state index in [1.165, 1.54) is 0 Å². The minimum absolute atomic E-state index is 0.0248. The Balaban J connectivity index is 1.56. The van der Waals surface area contributed by atoms with E-state index in [2.05, 4.69) is 10.6 Å². The maximum Gasteiger partial charge on any atom is 0.247 e. The van der Waals surface area contributed by atoms with Crippen LogP contribution in [0.4, 0.5) is 0 Å². The van der Waals surface area contributed by atoms with Crippen LogP contribution in [0.25, 0.3) is 6.08 Å². The number of benzene rings is 3. The first-order valence-electron chi connectivity index (χ1n) is 10.6. The SMILES string of the molecule is O=C(/C=C/c1ccccc1)N(Cc1ccccc1)Cc1cccn1Cc1ccccc1Cl. The van der Waals surface area contributed by atoms with Crippen LogP contribution in [0.1, 0.15) is 22.4 Å². The van der Waals surface area contributed by atoms with Gasteiger partial charge in [-0.15, -0.1) is 0 Å². The Morgan fingerprint density at radius 1 is 0.812 bits per heavy atom. The van der Waals surface area contributed by atoms with Crippen molar-refractivity contribution in [3.63, 3.8) is 0 Å². The van der Waals surface area contributed by atoms with Crippen molar-refractivity contribution >= 4 is 23.6 Å². The van der Waals surface area contributed by atoms with E-state index in [9.17, 15) is 4.79 Å². The number of carbonyl (C=O) groups is 1. The molecular weight excluding hydrogens is 416 g/mol. The van der Waals surface area contributed by atoms with Gasteiger partial charge in [-0.25, -0.2) is 0 Å². The molecule has 4 aromatic rings. The molecule has 0 atom stereocenters. The van der Waals surface area contributed by atoms with Crippen molar-refractivity contribution in [1.82, 2.24) is 9.47 Å². The summed E-state index contributed by atoms with van der Waals surface area (Å²) < 4.78 is 2.15. The van der Waals surface area contributed by atoms with Gasteiger partial charge in [0.15, 0.2) is 0 Å². The van der Waals surface area contributed by atoms with Crippen LogP contribution in [-0.4, -0.2) is 15.4 Å². The Bertz CT molecular complexity index is 1180. The number of halogens is 1. The van der Waals surface area contributed by atoms with Crippen LogP contribution in [0.15, 0.2) is 109 Å². The molecule has 32 heavy (non-hydrogen) atoms. The van der Waals surface area contributed by atoms with Crippen molar-refractivity contribution in [2.45, 2.75) is 19.6 Å². The highest BCUT2D eigenvalue weighted by Gasteiger charge is 2.15. The van der Waals surface area contributed by atoms with Gasteiger partial charge in [0.25, 0.3) is 0 Å². The molecule has 0 unspecified atom stereocenters. The monoisotopic (exact) mass is 440 g/mol. The standard InChI is InChI=1S/C28H25ClN2O/c29-27-16-8-7-14-25(27)21-30-19-9-15-26(30)22-31(20-24-12-5-2-6-13-24)28(32)18-17-23-10-3-1-4-11-23/h1-19H,20-22H2/b18-17+. The number of aromatic nitrogens is 1. The highest BCUT2D eigenvalue weighted by atomic mass is 35.5. The van der Waals surface area contributed by atoms with Gasteiger partial charge in [0, 0.05) is 36.1 Å². The Hall–Kier alpha value is -3.56. The maximum atomic E-state index is 13.2. The van der Waals surface area contributed by atoms with Gasteiger partial charge in [-0.05, 0) is 41.0 Å². The van der Waals surface area contributed by atoms with Crippen LogP contribution in [0.5, 0.6) is 0 Å². The summed E-state index contributed by atoms with van der Waals surface area (Å²) in [6.07, 6.45) is 5.55. The first-order chi connectivity index (χ1) is 15.7. The highest BCUT2D eigenvalue weighted by Crippen LogP contribution is 2.19. The number of nitrogens with zero attached hydrogens (tertiary/aromatic N) is 2. The first kappa shape index (κ1) is 21.7. The zero-order valence-electron chi connectivity index (χ0n) is 17.8. The number of hydrogen-bond acceptors (Lipinski definition) is 1. The summed E-state index contributed by atoms with van der Waals surface area (Å²) >= 11 is 6.37. The van der Waals surface area contributed by atoms with E-state index in [0.717, 1.165) is 27.4 Å². The van der Waals surface area contributed by atoms with Gasteiger partial charge in [0.1, 0.15) is 0 Å². The lowest BCUT2D eigenvalue weighted by molar-refractivity contribution is -0.127. The van der Waals surface area contributed by atoms with Gasteiger partial charge in [-0.1, -0.05) is 90.5 Å². The van der Waals surface area contributed by atoms with E-state index in [0.29, 0.717) is 19.6 Å². The van der Waals surface area contributed by atoms with Crippen molar-refractivity contribution < 1.29 is 4.79 Å². The van der Waals surface area contributed by atoms with Gasteiger partial charge >= 0.3 is 0 Å². The molecule has 0 spiro atoms. The second-order valence-electron chi connectivity index (χ2n) is 7.64. The number of hydrogen-bond donors (Lipinski definition) is 0. The molecule has 1 amide bonds. The fraction of sp³-hybridized carbons (Fsp3) is 0.107. The fourth-order valence-corrected chi connectivity index (χ4v) is 3.80. The van der Waals surface area contributed by atoms with Crippen LogP contribution in [-0.2, 0) is 24.4 Å². The number of carbonyl (C=O) groups excluding carboxylic acids is 1. The molecular formula is C28H25ClN2O. The molecule has 0 aliphatic rings. The van der Waals surface area contributed by atoms with E-state index in [4.69, 9.17) is 11.6 Å². The summed E-state index contributed by atoms with van der Waals surface area (Å²) in [6, 6.07) is 31.9. The molecule has 0 aliphatic heterocycles. The Kier molecular flexibility index (Phi) is 7.21. The highest BCUT2D eigenvalue weighted by molar-refractivity contribution is 6.31. The number of rotatable bonds is 8. The summed E-state index contributed by atoms with van der Waals surface area (Å²) in [4.78, 5) is 15.0. The third-order valence-electron chi connectivity index (χ3n) is 5.32. The molecule has 0 bridgehead atoms. The minimum atomic E-state index is -0.0248. The molecule has 0 saturated carbocycles. The predicted octanol–water partition coefficient (Wildman–Crippen LogP) is 6.43. The van der Waals surface area contributed by atoms with Crippen LogP contribution in [0.3, 0.4) is 0 Å². The van der Waals surface area contributed by atoms with E-state index < -0.39 is 0 Å². The summed E-state index contributed by atoms with van der Waals surface area (Å²) in [5, 5.41) is 0.746. The normalized spacial score (nSPS) is 11.0. The molecule has 0 saturated heterocycles. The Labute approximate surface area is 194 Å². The van der Waals surface area contributed by atoms with Crippen molar-refractivity contribution in [3.05, 3.63) is 137 Å². The third kappa shape index (κ3) is 5.77. The van der Waals surface area contributed by atoms with E-state index in [-0.39, 0.29) is 5.91 Å². The van der Waals surface area contributed by atoms with Crippen molar-refractivity contribution in [2.24, 2.45) is 0 Å². The first-order valence-corrected chi connectivity index (χ1v) is 11.0. The van der Waals surface area contributed by atoms with Gasteiger partial charge in [0.2, 0.25) is 5.91 Å². The Morgan fingerprint density at radius 3 is 2.25 bits per heavy atom. The second kappa shape index (κ2) is 10.7. The predicted molar refractivity (Wildman–Crippen MR) is 131 cm³/mol. The molecule has 4 rings (SSSR count). The summed E-state index contributed by atoms with van der Waals surface area (Å²) in [5.74, 6) is -0.0248. The molecule has 3 aromatic carbocycles. The van der Waals surface area contributed by atoms with Gasteiger partial charge in [0.05, 0.1) is 6.54 Å². The topological polar surface area (TPSA) is 25.2 Å². The van der Waals surface area contributed by atoms with Crippen LogP contribution >= 0.6 is 11.6 Å². The van der Waals surface area contributed by atoms with E-state index in [1.54, 1.807) is 6.08 Å². The molecule has 160 valence electrons. The zero-order valence-corrected chi connectivity index (χ0v) is 18.5. The molecule has 0 aliphatic carbocycles. The van der Waals surface area contributed by atoms with Gasteiger partial charge in [-0.3, -0.25) is 4.79 Å².